The van der Waals surface area contributed by atoms with Gasteiger partial charge in [-0.1, -0.05) is 11.6 Å². The van der Waals surface area contributed by atoms with Crippen LogP contribution in [0, 0.1) is 5.82 Å². The van der Waals surface area contributed by atoms with E-state index in [4.69, 9.17) is 26.5 Å². The Bertz CT molecular complexity index is 986. The van der Waals surface area contributed by atoms with E-state index in [1.165, 1.54) is 48.5 Å². The second-order valence-electron chi connectivity index (χ2n) is 5.52. The molecule has 2 aromatic carbocycles. The summed E-state index contributed by atoms with van der Waals surface area (Å²) in [5.74, 6) is -0.540. The average molecular weight is 389 g/mol. The van der Waals surface area contributed by atoms with Crippen LogP contribution in [0.1, 0.15) is 26.7 Å². The van der Waals surface area contributed by atoms with Crippen LogP contribution in [-0.2, 0) is 6.61 Å². The highest BCUT2D eigenvalue weighted by Gasteiger charge is 2.14. The topological polar surface area (TPSA) is 94.6 Å². The van der Waals surface area contributed by atoms with Crippen LogP contribution >= 0.6 is 11.6 Å². The van der Waals surface area contributed by atoms with Gasteiger partial charge in [0.1, 0.15) is 23.9 Å². The van der Waals surface area contributed by atoms with Gasteiger partial charge in [-0.15, -0.1) is 0 Å². The molecule has 0 aliphatic rings. The number of amides is 2. The normalized spacial score (nSPS) is 10.4. The summed E-state index contributed by atoms with van der Waals surface area (Å²) in [4.78, 5) is 23.4. The SMILES string of the molecule is NC(=O)c1ccc(NC(=O)c2ccc(COc3ccc(F)cc3)o2)cc1Cl. The van der Waals surface area contributed by atoms with Crippen molar-refractivity contribution < 1.29 is 23.1 Å². The van der Waals surface area contributed by atoms with Gasteiger partial charge in [-0.25, -0.2) is 4.39 Å². The van der Waals surface area contributed by atoms with E-state index in [1.54, 1.807) is 6.07 Å². The largest absolute Gasteiger partial charge is 0.486 e. The molecule has 0 saturated carbocycles. The fourth-order valence-corrected chi connectivity index (χ4v) is 2.52. The van der Waals surface area contributed by atoms with Crippen molar-refractivity contribution in [1.29, 1.82) is 0 Å². The van der Waals surface area contributed by atoms with Crippen molar-refractivity contribution in [3.05, 3.63) is 82.5 Å². The molecule has 3 rings (SSSR count). The number of anilines is 1. The molecule has 0 aliphatic heterocycles. The zero-order valence-corrected chi connectivity index (χ0v) is 14.6. The predicted octanol–water partition coefficient (Wildman–Crippen LogP) is 4.00. The molecule has 0 radical (unpaired) electrons. The fraction of sp³-hybridized carbons (Fsp3) is 0.0526. The first-order valence-corrected chi connectivity index (χ1v) is 8.18. The Hall–Kier alpha value is -3.32. The molecule has 0 aliphatic carbocycles. The van der Waals surface area contributed by atoms with Crippen LogP contribution in [0.3, 0.4) is 0 Å². The summed E-state index contributed by atoms with van der Waals surface area (Å²) in [5, 5.41) is 2.74. The Morgan fingerprint density at radius 3 is 2.52 bits per heavy atom. The van der Waals surface area contributed by atoms with Crippen LogP contribution in [0.5, 0.6) is 5.75 Å². The van der Waals surface area contributed by atoms with E-state index in [1.807, 2.05) is 0 Å². The zero-order valence-electron chi connectivity index (χ0n) is 13.9. The van der Waals surface area contributed by atoms with Crippen LogP contribution in [0.2, 0.25) is 5.02 Å². The smallest absolute Gasteiger partial charge is 0.291 e. The van der Waals surface area contributed by atoms with Gasteiger partial charge in [-0.3, -0.25) is 9.59 Å². The lowest BCUT2D eigenvalue weighted by atomic mass is 10.2. The van der Waals surface area contributed by atoms with Crippen molar-refractivity contribution in [2.75, 3.05) is 5.32 Å². The molecule has 2 amide bonds. The average Bonchev–Trinajstić information content (AvgIpc) is 3.10. The van der Waals surface area contributed by atoms with Crippen molar-refractivity contribution in [2.24, 2.45) is 5.73 Å². The molecule has 0 atom stereocenters. The Morgan fingerprint density at radius 2 is 1.85 bits per heavy atom. The van der Waals surface area contributed by atoms with Crippen LogP contribution in [0.25, 0.3) is 0 Å². The van der Waals surface area contributed by atoms with E-state index in [0.717, 1.165) is 0 Å². The molecular weight excluding hydrogens is 375 g/mol. The third-order valence-electron chi connectivity index (χ3n) is 3.57. The minimum Gasteiger partial charge on any atom is -0.486 e. The Labute approximate surface area is 158 Å². The number of hydrogen-bond donors (Lipinski definition) is 2. The molecule has 27 heavy (non-hydrogen) atoms. The lowest BCUT2D eigenvalue weighted by molar-refractivity contribution is 0.0988. The van der Waals surface area contributed by atoms with Crippen LogP contribution < -0.4 is 15.8 Å². The minimum absolute atomic E-state index is 0.0720. The Kier molecular flexibility index (Phi) is 5.42. The van der Waals surface area contributed by atoms with E-state index < -0.39 is 11.8 Å². The van der Waals surface area contributed by atoms with Crippen LogP contribution in [0.4, 0.5) is 10.1 Å². The van der Waals surface area contributed by atoms with Crippen LogP contribution in [0.15, 0.2) is 59.0 Å². The standard InChI is InChI=1S/C19H14ClFN2O4/c20-16-9-12(3-7-15(16)18(22)24)23-19(25)17-8-6-14(27-17)10-26-13-4-1-11(21)2-5-13/h1-9H,10H2,(H2,22,24)(H,23,25). The number of nitrogens with two attached hydrogens (primary N) is 1. The summed E-state index contributed by atoms with van der Waals surface area (Å²) < 4.78 is 23.8. The van der Waals surface area contributed by atoms with E-state index >= 15 is 0 Å². The number of primary amides is 1. The maximum Gasteiger partial charge on any atom is 0.291 e. The molecular formula is C19H14ClFN2O4. The summed E-state index contributed by atoms with van der Waals surface area (Å²) in [5.41, 5.74) is 5.73. The van der Waals surface area contributed by atoms with Gasteiger partial charge in [0.05, 0.1) is 10.6 Å². The third kappa shape index (κ3) is 4.65. The Balaban J connectivity index is 1.62. The summed E-state index contributed by atoms with van der Waals surface area (Å²) in [6.07, 6.45) is 0. The monoisotopic (exact) mass is 388 g/mol. The molecule has 0 fully saturated rings. The molecule has 0 spiro atoms. The molecule has 0 bridgehead atoms. The second-order valence-corrected chi connectivity index (χ2v) is 5.93. The molecule has 1 aromatic heterocycles. The maximum atomic E-state index is 12.9. The summed E-state index contributed by atoms with van der Waals surface area (Å²) in [6, 6.07) is 13.0. The maximum absolute atomic E-state index is 12.9. The van der Waals surface area contributed by atoms with Crippen molar-refractivity contribution in [1.82, 2.24) is 0 Å². The first kappa shape index (κ1) is 18.5. The van der Waals surface area contributed by atoms with Crippen molar-refractivity contribution >= 4 is 29.1 Å². The molecule has 1 heterocycles. The van der Waals surface area contributed by atoms with Crippen molar-refractivity contribution in [3.8, 4) is 5.75 Å². The van der Waals surface area contributed by atoms with Gasteiger partial charge >= 0.3 is 0 Å². The van der Waals surface area contributed by atoms with Gasteiger partial charge in [-0.2, -0.15) is 0 Å². The lowest BCUT2D eigenvalue weighted by Gasteiger charge is -2.06. The number of benzene rings is 2. The number of ether oxygens (including phenoxy) is 1. The molecule has 6 nitrogen and oxygen atoms in total. The van der Waals surface area contributed by atoms with Gasteiger partial charge < -0.3 is 20.2 Å². The number of nitrogens with one attached hydrogen (secondary N) is 1. The number of furan rings is 1. The summed E-state index contributed by atoms with van der Waals surface area (Å²) >= 11 is 5.95. The van der Waals surface area contributed by atoms with E-state index in [9.17, 15) is 14.0 Å². The highest BCUT2D eigenvalue weighted by molar-refractivity contribution is 6.34. The highest BCUT2D eigenvalue weighted by atomic mass is 35.5. The second kappa shape index (κ2) is 7.92. The van der Waals surface area contributed by atoms with Gasteiger partial charge in [0.15, 0.2) is 5.76 Å². The molecule has 0 unspecified atom stereocenters. The van der Waals surface area contributed by atoms with Crippen molar-refractivity contribution in [2.45, 2.75) is 6.61 Å². The lowest BCUT2D eigenvalue weighted by Crippen LogP contribution is -2.13. The predicted molar refractivity (Wildman–Crippen MR) is 97.4 cm³/mol. The van der Waals surface area contributed by atoms with Gasteiger partial charge in [0, 0.05) is 5.69 Å². The first-order valence-electron chi connectivity index (χ1n) is 7.80. The number of rotatable bonds is 6. The van der Waals surface area contributed by atoms with Gasteiger partial charge in [-0.05, 0) is 54.6 Å². The number of hydrogen-bond acceptors (Lipinski definition) is 4. The van der Waals surface area contributed by atoms with E-state index in [2.05, 4.69) is 5.32 Å². The van der Waals surface area contributed by atoms with Gasteiger partial charge in [0.25, 0.3) is 5.91 Å². The first-order chi connectivity index (χ1) is 12.9. The molecule has 138 valence electrons. The minimum atomic E-state index is -0.658. The van der Waals surface area contributed by atoms with E-state index in [0.29, 0.717) is 17.2 Å². The molecule has 3 aromatic rings. The molecule has 3 N–H and O–H groups in total. The van der Waals surface area contributed by atoms with Crippen LogP contribution in [-0.4, -0.2) is 11.8 Å². The van der Waals surface area contributed by atoms with Gasteiger partial charge in [0.2, 0.25) is 5.91 Å². The zero-order chi connectivity index (χ0) is 19.4. The Morgan fingerprint density at radius 1 is 1.11 bits per heavy atom. The van der Waals surface area contributed by atoms with E-state index in [-0.39, 0.29) is 28.8 Å². The molecule has 0 saturated heterocycles. The summed E-state index contributed by atoms with van der Waals surface area (Å²) in [6.45, 7) is 0.0814. The quantitative estimate of drug-likeness (QED) is 0.667. The van der Waals surface area contributed by atoms with Crippen molar-refractivity contribution in [3.63, 3.8) is 0 Å². The fourth-order valence-electron chi connectivity index (χ4n) is 2.25. The molecule has 8 heteroatoms. The number of carbonyl (C=O) groups excluding carboxylic acids is 2. The highest BCUT2D eigenvalue weighted by Crippen LogP contribution is 2.22. The third-order valence-corrected chi connectivity index (χ3v) is 3.89. The number of halogens is 2. The number of carbonyl (C=O) groups is 2. The summed E-state index contributed by atoms with van der Waals surface area (Å²) in [7, 11) is 0.